The Labute approximate surface area is 182 Å². The number of nitrogens with one attached hydrogen (secondary N) is 1. The largest absolute Gasteiger partial charge is 0.465 e. The van der Waals surface area contributed by atoms with E-state index in [-0.39, 0.29) is 18.0 Å². The predicted molar refractivity (Wildman–Crippen MR) is 115 cm³/mol. The second-order valence-electron chi connectivity index (χ2n) is 8.16. The van der Waals surface area contributed by atoms with Gasteiger partial charge in [0.1, 0.15) is 6.10 Å². The van der Waals surface area contributed by atoms with Gasteiger partial charge in [-0.3, -0.25) is 4.79 Å². The molecule has 31 heavy (non-hydrogen) atoms. The molecule has 0 bridgehead atoms. The second kappa shape index (κ2) is 9.55. The van der Waals surface area contributed by atoms with Gasteiger partial charge >= 0.3 is 12.0 Å². The van der Waals surface area contributed by atoms with Crippen LogP contribution in [0.25, 0.3) is 0 Å². The van der Waals surface area contributed by atoms with Crippen molar-refractivity contribution in [1.29, 1.82) is 0 Å². The molecule has 3 fully saturated rings. The first kappa shape index (κ1) is 21.4. The standard InChI is InChI=1S/C22H30N4O5/c1-30-21(28)16-6-7-18(24-8-2-3-9-24)17(15-16)23-22(29)26-12-10-25(11-13-26)20(27)19-5-4-14-31-19/h6-7,15,19H,2-5,8-14H2,1H3,(H,23,29). The van der Waals surface area contributed by atoms with Crippen LogP contribution in [-0.4, -0.2) is 86.8 Å². The van der Waals surface area contributed by atoms with Crippen LogP contribution in [0.15, 0.2) is 18.2 Å². The van der Waals surface area contributed by atoms with Gasteiger partial charge in [0.25, 0.3) is 5.91 Å². The number of piperazine rings is 1. The summed E-state index contributed by atoms with van der Waals surface area (Å²) < 4.78 is 10.3. The van der Waals surface area contributed by atoms with Crippen LogP contribution in [0.2, 0.25) is 0 Å². The number of benzene rings is 1. The van der Waals surface area contributed by atoms with Gasteiger partial charge in [-0.25, -0.2) is 9.59 Å². The SMILES string of the molecule is COC(=O)c1ccc(N2CCCC2)c(NC(=O)N2CCN(C(=O)C3CCCO3)CC2)c1. The van der Waals surface area contributed by atoms with Crippen molar-refractivity contribution in [2.24, 2.45) is 0 Å². The van der Waals surface area contributed by atoms with Crippen LogP contribution < -0.4 is 10.2 Å². The van der Waals surface area contributed by atoms with Crippen molar-refractivity contribution in [3.8, 4) is 0 Å². The summed E-state index contributed by atoms with van der Waals surface area (Å²) in [6, 6.07) is 5.04. The van der Waals surface area contributed by atoms with Gasteiger partial charge < -0.3 is 29.5 Å². The molecule has 9 nitrogen and oxygen atoms in total. The monoisotopic (exact) mass is 430 g/mol. The minimum absolute atomic E-state index is 0.0275. The molecular formula is C22H30N4O5. The summed E-state index contributed by atoms with van der Waals surface area (Å²) >= 11 is 0. The number of methoxy groups -OCH3 is 1. The fourth-order valence-corrected chi connectivity index (χ4v) is 4.42. The van der Waals surface area contributed by atoms with Crippen molar-refractivity contribution in [2.75, 3.05) is 63.2 Å². The van der Waals surface area contributed by atoms with Crippen molar-refractivity contribution in [3.05, 3.63) is 23.8 Å². The summed E-state index contributed by atoms with van der Waals surface area (Å²) in [7, 11) is 1.34. The van der Waals surface area contributed by atoms with E-state index < -0.39 is 5.97 Å². The molecule has 0 radical (unpaired) electrons. The maximum Gasteiger partial charge on any atom is 0.337 e. The fraction of sp³-hybridized carbons (Fsp3) is 0.591. The number of rotatable bonds is 4. The lowest BCUT2D eigenvalue weighted by molar-refractivity contribution is -0.142. The molecule has 9 heteroatoms. The lowest BCUT2D eigenvalue weighted by Crippen LogP contribution is -2.53. The molecule has 3 heterocycles. The van der Waals surface area contributed by atoms with Crippen LogP contribution in [0.4, 0.5) is 16.2 Å². The van der Waals surface area contributed by atoms with Crippen molar-refractivity contribution in [1.82, 2.24) is 9.80 Å². The highest BCUT2D eigenvalue weighted by Crippen LogP contribution is 2.30. The van der Waals surface area contributed by atoms with Crippen LogP contribution >= 0.6 is 0 Å². The van der Waals surface area contributed by atoms with Gasteiger partial charge in [-0.15, -0.1) is 0 Å². The highest BCUT2D eigenvalue weighted by Gasteiger charge is 2.31. The van der Waals surface area contributed by atoms with E-state index in [9.17, 15) is 14.4 Å². The number of hydrogen-bond acceptors (Lipinski definition) is 6. The van der Waals surface area contributed by atoms with Gasteiger partial charge in [-0.05, 0) is 43.9 Å². The third-order valence-corrected chi connectivity index (χ3v) is 6.19. The van der Waals surface area contributed by atoms with Crippen molar-refractivity contribution in [3.63, 3.8) is 0 Å². The molecule has 3 saturated heterocycles. The van der Waals surface area contributed by atoms with Gasteiger partial charge in [0, 0.05) is 45.9 Å². The number of urea groups is 1. The van der Waals surface area contributed by atoms with E-state index in [1.165, 1.54) is 7.11 Å². The predicted octanol–water partition coefficient (Wildman–Crippen LogP) is 1.93. The summed E-state index contributed by atoms with van der Waals surface area (Å²) in [6.45, 7) is 4.39. The highest BCUT2D eigenvalue weighted by atomic mass is 16.5. The van der Waals surface area contributed by atoms with Crippen LogP contribution in [-0.2, 0) is 14.3 Å². The zero-order valence-corrected chi connectivity index (χ0v) is 18.0. The molecule has 168 valence electrons. The zero-order valence-electron chi connectivity index (χ0n) is 18.0. The minimum atomic E-state index is -0.440. The maximum absolute atomic E-state index is 13.0. The topological polar surface area (TPSA) is 91.4 Å². The number of ether oxygens (including phenoxy) is 2. The van der Waals surface area contributed by atoms with E-state index in [1.54, 1.807) is 21.9 Å². The van der Waals surface area contributed by atoms with Gasteiger partial charge in [0.2, 0.25) is 0 Å². The van der Waals surface area contributed by atoms with E-state index in [4.69, 9.17) is 9.47 Å². The summed E-state index contributed by atoms with van der Waals surface area (Å²) in [5, 5.41) is 2.99. The molecular weight excluding hydrogens is 400 g/mol. The van der Waals surface area contributed by atoms with Gasteiger partial charge in [-0.1, -0.05) is 0 Å². The Kier molecular flexibility index (Phi) is 6.60. The van der Waals surface area contributed by atoms with Crippen LogP contribution in [0.5, 0.6) is 0 Å². The molecule has 3 aliphatic rings. The molecule has 0 aromatic heterocycles. The van der Waals surface area contributed by atoms with Crippen molar-refractivity contribution >= 4 is 29.3 Å². The molecule has 3 amide bonds. The summed E-state index contributed by atoms with van der Waals surface area (Å²) in [5.41, 5.74) is 1.91. The third-order valence-electron chi connectivity index (χ3n) is 6.19. The first-order chi connectivity index (χ1) is 15.1. The van der Waals surface area contributed by atoms with Crippen LogP contribution in [0.1, 0.15) is 36.0 Å². The molecule has 3 aliphatic heterocycles. The molecule has 1 N–H and O–H groups in total. The lowest BCUT2D eigenvalue weighted by atomic mass is 10.1. The second-order valence-corrected chi connectivity index (χ2v) is 8.16. The molecule has 1 unspecified atom stereocenters. The Morgan fingerprint density at radius 2 is 1.71 bits per heavy atom. The van der Waals surface area contributed by atoms with Crippen molar-refractivity contribution in [2.45, 2.75) is 31.8 Å². The fourth-order valence-electron chi connectivity index (χ4n) is 4.42. The average Bonchev–Trinajstić information content (AvgIpc) is 3.52. The molecule has 0 aliphatic carbocycles. The number of amides is 3. The Morgan fingerprint density at radius 1 is 1.00 bits per heavy atom. The average molecular weight is 431 g/mol. The van der Waals surface area contributed by atoms with Gasteiger partial charge in [0.15, 0.2) is 0 Å². The third kappa shape index (κ3) is 4.76. The Bertz CT molecular complexity index is 825. The number of esters is 1. The zero-order chi connectivity index (χ0) is 21.8. The Hall–Kier alpha value is -2.81. The molecule has 1 aromatic carbocycles. The molecule has 0 spiro atoms. The normalized spacial score (nSPS) is 21.3. The first-order valence-corrected chi connectivity index (χ1v) is 11.0. The Morgan fingerprint density at radius 3 is 2.35 bits per heavy atom. The highest BCUT2D eigenvalue weighted by molar-refractivity contribution is 5.97. The number of anilines is 2. The maximum atomic E-state index is 13.0. The Balaban J connectivity index is 1.41. The van der Waals surface area contributed by atoms with E-state index >= 15 is 0 Å². The molecule has 0 saturated carbocycles. The smallest absolute Gasteiger partial charge is 0.337 e. The van der Waals surface area contributed by atoms with Crippen LogP contribution in [0, 0.1) is 0 Å². The number of carbonyl (C=O) groups is 3. The summed E-state index contributed by atoms with van der Waals surface area (Å²) in [4.78, 5) is 43.2. The van der Waals surface area contributed by atoms with Gasteiger partial charge in [0.05, 0.1) is 24.0 Å². The lowest BCUT2D eigenvalue weighted by Gasteiger charge is -2.36. The minimum Gasteiger partial charge on any atom is -0.465 e. The summed E-state index contributed by atoms with van der Waals surface area (Å²) in [5.74, 6) is -0.413. The van der Waals surface area contributed by atoms with E-state index in [0.717, 1.165) is 44.5 Å². The number of hydrogen-bond donors (Lipinski definition) is 1. The summed E-state index contributed by atoms with van der Waals surface area (Å²) in [6.07, 6.45) is 3.57. The first-order valence-electron chi connectivity index (χ1n) is 11.0. The van der Waals surface area contributed by atoms with E-state index in [0.29, 0.717) is 44.0 Å². The molecule has 4 rings (SSSR count). The molecule has 1 aromatic rings. The van der Waals surface area contributed by atoms with Gasteiger partial charge in [-0.2, -0.15) is 0 Å². The van der Waals surface area contributed by atoms with Crippen molar-refractivity contribution < 1.29 is 23.9 Å². The number of nitrogens with zero attached hydrogens (tertiary/aromatic N) is 3. The number of carbonyl (C=O) groups excluding carboxylic acids is 3. The van der Waals surface area contributed by atoms with E-state index in [2.05, 4.69) is 10.2 Å². The van der Waals surface area contributed by atoms with Crippen LogP contribution in [0.3, 0.4) is 0 Å². The quantitative estimate of drug-likeness (QED) is 0.734. The molecule has 1 atom stereocenters. The van der Waals surface area contributed by atoms with E-state index in [1.807, 2.05) is 6.07 Å².